The number of carbonyl (C=O) groups excluding carboxylic acids is 3. The third-order valence-corrected chi connectivity index (χ3v) is 5.39. The molecule has 3 aromatic carbocycles. The number of alkyl carbamates (subject to hydrolysis) is 1. The molecule has 0 saturated heterocycles. The zero-order valence-electron chi connectivity index (χ0n) is 18.8. The van der Waals surface area contributed by atoms with Gasteiger partial charge in [0.25, 0.3) is 0 Å². The van der Waals surface area contributed by atoms with Crippen LogP contribution in [0.5, 0.6) is 0 Å². The molecule has 0 saturated carbocycles. The second kappa shape index (κ2) is 13.0. The molecular weight excluding hydrogens is 434 g/mol. The zero-order valence-corrected chi connectivity index (χ0v) is 18.8. The maximum absolute atomic E-state index is 13.1. The topological polar surface area (TPSA) is 117 Å². The monoisotopic (exact) mass is 463 g/mol. The molecular formula is C26H29N3O5. The lowest BCUT2D eigenvalue weighted by Gasteiger charge is -2.19. The zero-order chi connectivity index (χ0) is 24.2. The molecule has 0 heterocycles. The molecule has 178 valence electrons. The Morgan fingerprint density at radius 3 is 2.38 bits per heavy atom. The summed E-state index contributed by atoms with van der Waals surface area (Å²) in [5.74, 6) is -0.797. The number of benzene rings is 3. The van der Waals surface area contributed by atoms with Gasteiger partial charge in [-0.15, -0.1) is 0 Å². The summed E-state index contributed by atoms with van der Waals surface area (Å²) in [5.41, 5.74) is 3.11. The van der Waals surface area contributed by atoms with Gasteiger partial charge in [-0.3, -0.25) is 14.8 Å². The van der Waals surface area contributed by atoms with Gasteiger partial charge in [0.2, 0.25) is 11.8 Å². The number of hydrogen-bond donors (Lipinski definition) is 4. The summed E-state index contributed by atoms with van der Waals surface area (Å²) in [6.45, 7) is 0.0978. The van der Waals surface area contributed by atoms with Gasteiger partial charge in [-0.05, 0) is 29.9 Å². The molecule has 3 rings (SSSR count). The fourth-order valence-corrected chi connectivity index (χ4v) is 3.60. The Morgan fingerprint density at radius 2 is 1.59 bits per heavy atom. The van der Waals surface area contributed by atoms with Crippen molar-refractivity contribution in [3.8, 4) is 0 Å². The van der Waals surface area contributed by atoms with E-state index in [4.69, 9.17) is 9.94 Å². The van der Waals surface area contributed by atoms with Crippen LogP contribution < -0.4 is 16.1 Å². The number of nitrogens with one attached hydrogen (secondary N) is 3. The van der Waals surface area contributed by atoms with E-state index < -0.39 is 18.0 Å². The van der Waals surface area contributed by atoms with Crippen molar-refractivity contribution in [1.29, 1.82) is 0 Å². The summed E-state index contributed by atoms with van der Waals surface area (Å²) in [5, 5.41) is 16.1. The largest absolute Gasteiger partial charge is 0.445 e. The van der Waals surface area contributed by atoms with E-state index in [9.17, 15) is 14.4 Å². The first-order valence-corrected chi connectivity index (χ1v) is 11.3. The number of carbonyl (C=O) groups is 3. The number of unbranched alkanes of at least 4 members (excludes halogenated alkanes) is 2. The Bertz CT molecular complexity index is 1100. The summed E-state index contributed by atoms with van der Waals surface area (Å²) in [6.07, 6.45) is 1.70. The molecule has 34 heavy (non-hydrogen) atoms. The van der Waals surface area contributed by atoms with Crippen LogP contribution in [0, 0.1) is 0 Å². The first kappa shape index (κ1) is 24.7. The Kier molecular flexibility index (Phi) is 9.42. The molecule has 0 aliphatic rings. The van der Waals surface area contributed by atoms with Crippen molar-refractivity contribution in [3.63, 3.8) is 0 Å². The molecule has 0 fully saturated rings. The smallest absolute Gasteiger partial charge is 0.408 e. The van der Waals surface area contributed by atoms with E-state index in [1.165, 1.54) is 0 Å². The lowest BCUT2D eigenvalue weighted by Crippen LogP contribution is -2.44. The number of anilines is 1. The lowest BCUT2D eigenvalue weighted by molar-refractivity contribution is -0.129. The van der Waals surface area contributed by atoms with E-state index in [1.807, 2.05) is 72.8 Å². The molecule has 3 aromatic rings. The predicted molar refractivity (Wildman–Crippen MR) is 129 cm³/mol. The fraction of sp³-hybridized carbons (Fsp3) is 0.269. The average Bonchev–Trinajstić information content (AvgIpc) is 2.87. The highest BCUT2D eigenvalue weighted by Crippen LogP contribution is 2.23. The molecule has 3 amide bonds. The molecule has 0 unspecified atom stereocenters. The van der Waals surface area contributed by atoms with Crippen LogP contribution in [-0.2, 0) is 20.9 Å². The lowest BCUT2D eigenvalue weighted by atomic mass is 10.1. The van der Waals surface area contributed by atoms with E-state index in [2.05, 4.69) is 10.6 Å². The predicted octanol–water partition coefficient (Wildman–Crippen LogP) is 4.53. The molecule has 8 heteroatoms. The molecule has 0 radical (unpaired) electrons. The molecule has 1 atom stereocenters. The Balaban J connectivity index is 1.62. The highest BCUT2D eigenvalue weighted by atomic mass is 16.5. The number of ether oxygens (including phenoxy) is 1. The number of amides is 3. The molecule has 0 aliphatic heterocycles. The van der Waals surface area contributed by atoms with Crippen molar-refractivity contribution in [2.45, 2.75) is 44.8 Å². The Morgan fingerprint density at radius 1 is 0.853 bits per heavy atom. The molecule has 0 aliphatic carbocycles. The van der Waals surface area contributed by atoms with Gasteiger partial charge in [0, 0.05) is 17.5 Å². The number of hydrogen-bond acceptors (Lipinski definition) is 5. The van der Waals surface area contributed by atoms with Crippen molar-refractivity contribution in [2.75, 3.05) is 5.32 Å². The summed E-state index contributed by atoms with van der Waals surface area (Å²) in [4.78, 5) is 36.7. The summed E-state index contributed by atoms with van der Waals surface area (Å²) < 4.78 is 5.29. The van der Waals surface area contributed by atoms with E-state index >= 15 is 0 Å². The van der Waals surface area contributed by atoms with Gasteiger partial charge in [-0.1, -0.05) is 79.6 Å². The van der Waals surface area contributed by atoms with Crippen LogP contribution in [0.25, 0.3) is 10.8 Å². The first-order chi connectivity index (χ1) is 16.6. The minimum atomic E-state index is -0.811. The van der Waals surface area contributed by atoms with Crippen molar-refractivity contribution in [2.24, 2.45) is 0 Å². The third-order valence-electron chi connectivity index (χ3n) is 5.39. The van der Waals surface area contributed by atoms with Gasteiger partial charge in [-0.2, -0.15) is 0 Å². The molecule has 0 bridgehead atoms. The van der Waals surface area contributed by atoms with E-state index in [0.29, 0.717) is 31.4 Å². The highest BCUT2D eigenvalue weighted by molar-refractivity contribution is 6.04. The van der Waals surface area contributed by atoms with Crippen LogP contribution in [0.2, 0.25) is 0 Å². The van der Waals surface area contributed by atoms with Gasteiger partial charge in [0.05, 0.1) is 0 Å². The van der Waals surface area contributed by atoms with Gasteiger partial charge in [0.15, 0.2) is 0 Å². The SMILES string of the molecule is O=C(CCCCC[C@H](NC(=O)OCc1ccccc1)C(=O)Nc1cccc2ccccc12)NO. The summed E-state index contributed by atoms with van der Waals surface area (Å²) in [7, 11) is 0. The van der Waals surface area contributed by atoms with Crippen LogP contribution >= 0.6 is 0 Å². The quantitative estimate of drug-likeness (QED) is 0.189. The maximum atomic E-state index is 13.1. The van der Waals surface area contributed by atoms with Crippen LogP contribution in [0.1, 0.15) is 37.7 Å². The van der Waals surface area contributed by atoms with Gasteiger partial charge >= 0.3 is 6.09 Å². The fourth-order valence-electron chi connectivity index (χ4n) is 3.60. The number of rotatable bonds is 11. The summed E-state index contributed by atoms with van der Waals surface area (Å²) in [6, 6.07) is 21.8. The molecule has 0 spiro atoms. The molecule has 0 aromatic heterocycles. The minimum absolute atomic E-state index is 0.0978. The van der Waals surface area contributed by atoms with Crippen molar-refractivity contribution < 1.29 is 24.3 Å². The van der Waals surface area contributed by atoms with Gasteiger partial charge < -0.3 is 15.4 Å². The molecule has 8 nitrogen and oxygen atoms in total. The normalized spacial score (nSPS) is 11.4. The standard InChI is InChI=1S/C26H29N3O5/c30-24(29-33)17-6-2-5-15-23(28-26(32)34-18-19-10-3-1-4-11-19)25(31)27-22-16-9-13-20-12-7-8-14-21(20)22/h1,3-4,7-14,16,23,33H,2,5-6,15,17-18H2,(H,27,31)(H,28,32)(H,29,30)/t23-/m0/s1. The minimum Gasteiger partial charge on any atom is -0.445 e. The number of fused-ring (bicyclic) bond motifs is 1. The van der Waals surface area contributed by atoms with Crippen LogP contribution in [0.3, 0.4) is 0 Å². The summed E-state index contributed by atoms with van der Waals surface area (Å²) >= 11 is 0. The van der Waals surface area contributed by atoms with E-state index in [1.54, 1.807) is 5.48 Å². The van der Waals surface area contributed by atoms with Crippen molar-refractivity contribution in [1.82, 2.24) is 10.8 Å². The highest BCUT2D eigenvalue weighted by Gasteiger charge is 2.22. The van der Waals surface area contributed by atoms with E-state index in [-0.39, 0.29) is 18.9 Å². The van der Waals surface area contributed by atoms with Crippen LogP contribution in [-0.4, -0.2) is 29.2 Å². The molecule has 4 N–H and O–H groups in total. The second-order valence-corrected chi connectivity index (χ2v) is 7.91. The van der Waals surface area contributed by atoms with Crippen molar-refractivity contribution >= 4 is 34.4 Å². The number of hydroxylamine groups is 1. The van der Waals surface area contributed by atoms with Gasteiger partial charge in [-0.25, -0.2) is 10.3 Å². The van der Waals surface area contributed by atoms with Gasteiger partial charge in [0.1, 0.15) is 12.6 Å². The second-order valence-electron chi connectivity index (χ2n) is 7.91. The third kappa shape index (κ3) is 7.60. The van der Waals surface area contributed by atoms with E-state index in [0.717, 1.165) is 16.3 Å². The maximum Gasteiger partial charge on any atom is 0.408 e. The van der Waals surface area contributed by atoms with Crippen LogP contribution in [0.15, 0.2) is 72.8 Å². The van der Waals surface area contributed by atoms with Crippen molar-refractivity contribution in [3.05, 3.63) is 78.4 Å². The average molecular weight is 464 g/mol. The Labute approximate surface area is 198 Å². The Hall–Kier alpha value is -3.91. The first-order valence-electron chi connectivity index (χ1n) is 11.3. The van der Waals surface area contributed by atoms with Crippen LogP contribution in [0.4, 0.5) is 10.5 Å².